The number of hydrogen-bond acceptors (Lipinski definition) is 0. The zero-order chi connectivity index (χ0) is 7.56. The Labute approximate surface area is 62.2 Å². The number of nitrogens with zero attached hydrogens (tertiary/aromatic N) is 2. The summed E-state index contributed by atoms with van der Waals surface area (Å²) in [5.74, 6) is 0. The highest BCUT2D eigenvalue weighted by Crippen LogP contribution is 1.73. The molecular formula is C7H12BN2+. The summed E-state index contributed by atoms with van der Waals surface area (Å²) in [7, 11) is 4.12. The van der Waals surface area contributed by atoms with Crippen LogP contribution in [0.25, 0.3) is 0 Å². The number of rotatable bonds is 2. The van der Waals surface area contributed by atoms with Gasteiger partial charge in [0.25, 0.3) is 0 Å². The van der Waals surface area contributed by atoms with E-state index < -0.39 is 0 Å². The van der Waals surface area contributed by atoms with Gasteiger partial charge in [-0.1, -0.05) is 12.7 Å². The maximum absolute atomic E-state index is 3.68. The molecule has 52 valence electrons. The van der Waals surface area contributed by atoms with E-state index in [9.17, 15) is 0 Å². The highest BCUT2D eigenvalue weighted by molar-refractivity contribution is 6.27. The SMILES string of the molecule is Bc1n(C)cc[n+]1CC=C. The van der Waals surface area contributed by atoms with Gasteiger partial charge in [0.05, 0.1) is 7.05 Å². The Bertz CT molecular complexity index is 240. The third kappa shape index (κ3) is 1.13. The van der Waals surface area contributed by atoms with Crippen molar-refractivity contribution >= 4 is 13.6 Å². The Kier molecular flexibility index (Phi) is 1.95. The highest BCUT2D eigenvalue weighted by Gasteiger charge is 2.04. The van der Waals surface area contributed by atoms with E-state index in [1.54, 1.807) is 0 Å². The fourth-order valence-electron chi connectivity index (χ4n) is 0.931. The molecule has 0 N–H and O–H groups in total. The fraction of sp³-hybridized carbons (Fsp3) is 0.286. The van der Waals surface area contributed by atoms with Gasteiger partial charge in [0.1, 0.15) is 18.9 Å². The van der Waals surface area contributed by atoms with Crippen LogP contribution in [0.4, 0.5) is 0 Å². The van der Waals surface area contributed by atoms with Gasteiger partial charge in [-0.05, 0) is 0 Å². The van der Waals surface area contributed by atoms with Gasteiger partial charge in [-0.2, -0.15) is 0 Å². The van der Waals surface area contributed by atoms with Crippen LogP contribution in [0, 0.1) is 0 Å². The second-order valence-corrected chi connectivity index (χ2v) is 2.40. The molecule has 2 nitrogen and oxygen atoms in total. The Morgan fingerprint density at radius 2 is 2.60 bits per heavy atom. The summed E-state index contributed by atoms with van der Waals surface area (Å²) >= 11 is 0. The highest BCUT2D eigenvalue weighted by atomic mass is 15.1. The van der Waals surface area contributed by atoms with Gasteiger partial charge in [-0.3, -0.25) is 0 Å². The van der Waals surface area contributed by atoms with Gasteiger partial charge in [-0.25, -0.2) is 9.13 Å². The minimum Gasteiger partial charge on any atom is -0.247 e. The number of allylic oxidation sites excluding steroid dienone is 1. The molecule has 1 heterocycles. The maximum Gasteiger partial charge on any atom is 0.248 e. The molecule has 10 heavy (non-hydrogen) atoms. The summed E-state index contributed by atoms with van der Waals surface area (Å²) in [6.45, 7) is 4.57. The second kappa shape index (κ2) is 2.73. The molecule has 1 rings (SSSR count). The van der Waals surface area contributed by atoms with Crippen LogP contribution in [-0.4, -0.2) is 12.4 Å². The topological polar surface area (TPSA) is 8.81 Å². The Morgan fingerprint density at radius 1 is 1.90 bits per heavy atom. The van der Waals surface area contributed by atoms with E-state index in [0.717, 1.165) is 6.54 Å². The smallest absolute Gasteiger partial charge is 0.247 e. The van der Waals surface area contributed by atoms with Gasteiger partial charge >= 0.3 is 0 Å². The minimum atomic E-state index is 0.896. The van der Waals surface area contributed by atoms with Crippen molar-refractivity contribution in [3.05, 3.63) is 25.0 Å². The largest absolute Gasteiger partial charge is 0.248 e. The Balaban J connectivity index is 2.93. The van der Waals surface area contributed by atoms with Crippen LogP contribution in [0.1, 0.15) is 0 Å². The molecule has 0 spiro atoms. The minimum absolute atomic E-state index is 0.896. The predicted octanol–water partition coefficient (Wildman–Crippen LogP) is -1.24. The molecular weight excluding hydrogens is 123 g/mol. The normalized spacial score (nSPS) is 9.70. The Morgan fingerprint density at radius 3 is 3.00 bits per heavy atom. The zero-order valence-electron chi connectivity index (χ0n) is 6.54. The number of imidazole rings is 1. The lowest BCUT2D eigenvalue weighted by Crippen LogP contribution is -2.48. The van der Waals surface area contributed by atoms with Crippen molar-refractivity contribution in [2.24, 2.45) is 7.05 Å². The first-order valence-electron chi connectivity index (χ1n) is 3.38. The van der Waals surface area contributed by atoms with Crippen molar-refractivity contribution in [3.63, 3.8) is 0 Å². The maximum atomic E-state index is 3.68. The van der Waals surface area contributed by atoms with Crippen LogP contribution in [0.15, 0.2) is 25.0 Å². The van der Waals surface area contributed by atoms with Crippen LogP contribution < -0.4 is 10.3 Å². The first-order valence-corrected chi connectivity index (χ1v) is 3.38. The Hall–Kier alpha value is -0.985. The second-order valence-electron chi connectivity index (χ2n) is 2.40. The number of aryl methyl sites for hydroxylation is 1. The molecule has 0 amide bonds. The van der Waals surface area contributed by atoms with E-state index in [0.29, 0.717) is 0 Å². The summed E-state index contributed by atoms with van der Waals surface area (Å²) in [5.41, 5.74) is 1.25. The summed E-state index contributed by atoms with van der Waals surface area (Å²) in [4.78, 5) is 0. The molecule has 0 aromatic carbocycles. The van der Waals surface area contributed by atoms with Crippen molar-refractivity contribution in [2.75, 3.05) is 0 Å². The lowest BCUT2D eigenvalue weighted by atomic mass is 10.1. The molecule has 0 aliphatic heterocycles. The fourth-order valence-corrected chi connectivity index (χ4v) is 0.931. The lowest BCUT2D eigenvalue weighted by molar-refractivity contribution is -0.668. The van der Waals surface area contributed by atoms with E-state index in [1.165, 1.54) is 5.72 Å². The molecule has 0 fully saturated rings. The zero-order valence-corrected chi connectivity index (χ0v) is 6.54. The first-order chi connectivity index (χ1) is 4.75. The average molecular weight is 135 g/mol. The van der Waals surface area contributed by atoms with Crippen molar-refractivity contribution < 1.29 is 4.57 Å². The van der Waals surface area contributed by atoms with Gasteiger partial charge in [0.15, 0.2) is 5.72 Å². The first kappa shape index (κ1) is 7.13. The average Bonchev–Trinajstić information content (AvgIpc) is 2.20. The van der Waals surface area contributed by atoms with Gasteiger partial charge in [0, 0.05) is 0 Å². The molecule has 0 unspecified atom stereocenters. The van der Waals surface area contributed by atoms with Crippen LogP contribution in [0.2, 0.25) is 0 Å². The number of hydrogen-bond donors (Lipinski definition) is 0. The quantitative estimate of drug-likeness (QED) is 0.272. The number of aromatic nitrogens is 2. The molecule has 0 radical (unpaired) electrons. The predicted molar refractivity (Wildman–Crippen MR) is 44.0 cm³/mol. The van der Waals surface area contributed by atoms with Gasteiger partial charge in [0.2, 0.25) is 7.85 Å². The summed E-state index contributed by atoms with van der Waals surface area (Å²) in [5, 5.41) is 0. The summed E-state index contributed by atoms with van der Waals surface area (Å²) < 4.78 is 4.23. The molecule has 1 aromatic rings. The molecule has 0 aliphatic rings. The van der Waals surface area contributed by atoms with Crippen LogP contribution in [-0.2, 0) is 13.6 Å². The van der Waals surface area contributed by atoms with E-state index in [1.807, 2.05) is 19.3 Å². The van der Waals surface area contributed by atoms with Crippen molar-refractivity contribution in [2.45, 2.75) is 6.54 Å². The molecule has 0 bridgehead atoms. The summed E-state index contributed by atoms with van der Waals surface area (Å²) in [6.07, 6.45) is 5.99. The van der Waals surface area contributed by atoms with E-state index in [-0.39, 0.29) is 0 Å². The third-order valence-electron chi connectivity index (χ3n) is 1.72. The van der Waals surface area contributed by atoms with Crippen molar-refractivity contribution in [1.82, 2.24) is 4.57 Å². The monoisotopic (exact) mass is 135 g/mol. The molecule has 3 heteroatoms. The van der Waals surface area contributed by atoms with E-state index >= 15 is 0 Å². The van der Waals surface area contributed by atoms with Crippen LogP contribution in [0.5, 0.6) is 0 Å². The molecule has 0 aliphatic carbocycles. The van der Waals surface area contributed by atoms with Crippen molar-refractivity contribution in [3.8, 4) is 0 Å². The molecule has 1 aromatic heterocycles. The molecule has 0 atom stereocenters. The lowest BCUT2D eigenvalue weighted by Gasteiger charge is -1.92. The van der Waals surface area contributed by atoms with Crippen LogP contribution >= 0.6 is 0 Å². The molecule has 0 saturated heterocycles. The summed E-state index contributed by atoms with van der Waals surface area (Å²) in [6, 6.07) is 0. The standard InChI is InChI=1S/C7H12BN2/c1-3-4-10-6-5-9(2)7(10)8/h3,5-6H,1,4,8H2,2H3/q+1. The van der Waals surface area contributed by atoms with Crippen LogP contribution in [0.3, 0.4) is 0 Å². The van der Waals surface area contributed by atoms with Gasteiger partial charge < -0.3 is 0 Å². The van der Waals surface area contributed by atoms with Gasteiger partial charge in [-0.15, -0.1) is 0 Å². The third-order valence-corrected chi connectivity index (χ3v) is 1.72. The molecule has 0 saturated carbocycles. The van der Waals surface area contributed by atoms with E-state index in [4.69, 9.17) is 0 Å². The van der Waals surface area contributed by atoms with E-state index in [2.05, 4.69) is 29.8 Å². The van der Waals surface area contributed by atoms with Crippen molar-refractivity contribution in [1.29, 1.82) is 0 Å².